The van der Waals surface area contributed by atoms with Gasteiger partial charge < -0.3 is 19.5 Å². The van der Waals surface area contributed by atoms with Gasteiger partial charge in [0.25, 0.3) is 5.69 Å². The number of ether oxygens (including phenoxy) is 2. The molecule has 1 aliphatic rings. The van der Waals surface area contributed by atoms with Gasteiger partial charge in [0.15, 0.2) is 0 Å². The Balaban J connectivity index is 2.33. The molecule has 0 aromatic heterocycles. The van der Waals surface area contributed by atoms with Gasteiger partial charge in [-0.15, -0.1) is 0 Å². The zero-order chi connectivity index (χ0) is 15.6. The van der Waals surface area contributed by atoms with E-state index in [1.54, 1.807) is 33.3 Å². The summed E-state index contributed by atoms with van der Waals surface area (Å²) >= 11 is 0. The van der Waals surface area contributed by atoms with Crippen molar-refractivity contribution >= 4 is 11.4 Å². The molecule has 0 spiro atoms. The zero-order valence-electron chi connectivity index (χ0n) is 12.4. The van der Waals surface area contributed by atoms with Crippen molar-refractivity contribution in [3.63, 3.8) is 0 Å². The van der Waals surface area contributed by atoms with E-state index in [4.69, 9.17) is 9.47 Å². The monoisotopic (exact) mass is 296 g/mol. The second-order valence-corrected chi connectivity index (χ2v) is 5.13. The number of nitro groups is 1. The highest BCUT2D eigenvalue weighted by atomic mass is 16.6. The van der Waals surface area contributed by atoms with Crippen LogP contribution in [0.25, 0.3) is 0 Å². The van der Waals surface area contributed by atoms with Gasteiger partial charge >= 0.3 is 0 Å². The third-order valence-electron chi connectivity index (χ3n) is 3.84. The van der Waals surface area contributed by atoms with E-state index in [1.165, 1.54) is 6.07 Å². The van der Waals surface area contributed by atoms with Gasteiger partial charge in [-0.2, -0.15) is 0 Å². The smallest absolute Gasteiger partial charge is 0.292 e. The molecule has 1 aromatic carbocycles. The predicted molar refractivity (Wildman–Crippen MR) is 77.5 cm³/mol. The molecular formula is C14H20N2O5. The first-order valence-corrected chi connectivity index (χ1v) is 6.74. The van der Waals surface area contributed by atoms with Gasteiger partial charge in [0.05, 0.1) is 11.0 Å². The van der Waals surface area contributed by atoms with E-state index >= 15 is 0 Å². The summed E-state index contributed by atoms with van der Waals surface area (Å²) in [6.07, 6.45) is -0.980. The summed E-state index contributed by atoms with van der Waals surface area (Å²) in [5.41, 5.74) is 1.03. The molecule has 1 heterocycles. The molecule has 1 aromatic rings. The molecular weight excluding hydrogens is 276 g/mol. The lowest BCUT2D eigenvalue weighted by Gasteiger charge is -2.19. The maximum absolute atomic E-state index is 11.3. The summed E-state index contributed by atoms with van der Waals surface area (Å²) in [7, 11) is 3.20. The molecule has 7 nitrogen and oxygen atoms in total. The van der Waals surface area contributed by atoms with Gasteiger partial charge in [-0.3, -0.25) is 10.1 Å². The van der Waals surface area contributed by atoms with Crippen LogP contribution in [0.1, 0.15) is 18.6 Å². The number of nitrogens with zero attached hydrogens (tertiary/aromatic N) is 2. The highest BCUT2D eigenvalue weighted by Gasteiger charge is 2.35. The van der Waals surface area contributed by atoms with Crippen LogP contribution in [0.5, 0.6) is 0 Å². The first-order chi connectivity index (χ1) is 9.97. The third kappa shape index (κ3) is 3.15. The molecule has 21 heavy (non-hydrogen) atoms. The molecule has 2 rings (SSSR count). The summed E-state index contributed by atoms with van der Waals surface area (Å²) in [5.74, 6) is 0. The molecule has 116 valence electrons. The van der Waals surface area contributed by atoms with Crippen LogP contribution in [0, 0.1) is 10.1 Å². The lowest BCUT2D eigenvalue weighted by atomic mass is 10.1. The van der Waals surface area contributed by atoms with Gasteiger partial charge in [0, 0.05) is 33.4 Å². The maximum Gasteiger partial charge on any atom is 0.292 e. The fourth-order valence-corrected chi connectivity index (χ4v) is 2.61. The number of hydrogen-bond donors (Lipinski definition) is 1. The van der Waals surface area contributed by atoms with E-state index in [2.05, 4.69) is 0 Å². The molecule has 1 N–H and O–H groups in total. The topological polar surface area (TPSA) is 85.1 Å². The van der Waals surface area contributed by atoms with Gasteiger partial charge in [0.2, 0.25) is 0 Å². The van der Waals surface area contributed by atoms with Gasteiger partial charge in [-0.1, -0.05) is 6.07 Å². The Morgan fingerprint density at radius 3 is 2.33 bits per heavy atom. The molecule has 0 radical (unpaired) electrons. The van der Waals surface area contributed by atoms with Crippen molar-refractivity contribution in [3.8, 4) is 0 Å². The average molecular weight is 296 g/mol. The van der Waals surface area contributed by atoms with Crippen LogP contribution in [-0.2, 0) is 9.47 Å². The van der Waals surface area contributed by atoms with E-state index in [0.717, 1.165) is 0 Å². The molecule has 1 fully saturated rings. The Kier molecular flexibility index (Phi) is 4.76. The maximum atomic E-state index is 11.3. The van der Waals surface area contributed by atoms with E-state index in [1.807, 2.05) is 4.90 Å². The Morgan fingerprint density at radius 2 is 1.90 bits per heavy atom. The van der Waals surface area contributed by atoms with Crippen molar-refractivity contribution < 1.29 is 19.5 Å². The fraction of sp³-hybridized carbons (Fsp3) is 0.571. The van der Waals surface area contributed by atoms with Crippen molar-refractivity contribution in [1.82, 2.24) is 0 Å². The molecule has 3 unspecified atom stereocenters. The third-order valence-corrected chi connectivity index (χ3v) is 3.84. The fourth-order valence-electron chi connectivity index (χ4n) is 2.61. The van der Waals surface area contributed by atoms with Crippen LogP contribution in [0.3, 0.4) is 0 Å². The molecule has 1 aliphatic heterocycles. The predicted octanol–water partition coefficient (Wildman–Crippen LogP) is 1.50. The second kappa shape index (κ2) is 6.38. The highest BCUT2D eigenvalue weighted by Crippen LogP contribution is 2.34. The first-order valence-electron chi connectivity index (χ1n) is 6.74. The largest absolute Gasteiger partial charge is 0.389 e. The number of hydrogen-bond acceptors (Lipinski definition) is 6. The summed E-state index contributed by atoms with van der Waals surface area (Å²) < 4.78 is 10.7. The Morgan fingerprint density at radius 1 is 1.33 bits per heavy atom. The summed E-state index contributed by atoms with van der Waals surface area (Å²) in [6.45, 7) is 2.64. The number of aliphatic hydroxyl groups excluding tert-OH is 1. The van der Waals surface area contributed by atoms with Crippen molar-refractivity contribution in [2.75, 3.05) is 32.2 Å². The van der Waals surface area contributed by atoms with Crippen LogP contribution in [0.4, 0.5) is 11.4 Å². The first kappa shape index (κ1) is 15.7. The number of aliphatic hydroxyl groups is 1. The van der Waals surface area contributed by atoms with Crippen LogP contribution < -0.4 is 4.90 Å². The van der Waals surface area contributed by atoms with Gasteiger partial charge in [-0.25, -0.2) is 0 Å². The van der Waals surface area contributed by atoms with Crippen LogP contribution >= 0.6 is 0 Å². The summed E-state index contributed by atoms with van der Waals surface area (Å²) in [6, 6.07) is 4.79. The minimum atomic E-state index is -0.741. The second-order valence-electron chi connectivity index (χ2n) is 5.13. The van der Waals surface area contributed by atoms with Crippen LogP contribution in [0.15, 0.2) is 18.2 Å². The minimum Gasteiger partial charge on any atom is -0.389 e. The Labute approximate surface area is 123 Å². The highest BCUT2D eigenvalue weighted by molar-refractivity contribution is 5.65. The molecule has 0 aliphatic carbocycles. The van der Waals surface area contributed by atoms with Crippen molar-refractivity contribution in [2.24, 2.45) is 0 Å². The Hall–Kier alpha value is -1.70. The molecule has 0 amide bonds. The lowest BCUT2D eigenvalue weighted by Crippen LogP contribution is -2.27. The minimum absolute atomic E-state index is 0.0139. The SMILES string of the molecule is COC1CN(c2ccc(C(C)O)cc2[N+](=O)[O-])CC1OC. The van der Waals surface area contributed by atoms with Gasteiger partial charge in [-0.05, 0) is 18.6 Å². The normalized spacial score (nSPS) is 23.3. The molecule has 1 saturated heterocycles. The average Bonchev–Trinajstić information content (AvgIpc) is 2.89. The van der Waals surface area contributed by atoms with Crippen molar-refractivity contribution in [1.29, 1.82) is 0 Å². The van der Waals surface area contributed by atoms with E-state index < -0.39 is 11.0 Å². The summed E-state index contributed by atoms with van der Waals surface area (Å²) in [4.78, 5) is 12.7. The number of nitro benzene ring substituents is 1. The van der Waals surface area contributed by atoms with Crippen molar-refractivity contribution in [3.05, 3.63) is 33.9 Å². The standard InChI is InChI=1S/C14H20N2O5/c1-9(17)10-4-5-11(12(6-10)16(18)19)15-7-13(20-2)14(8-15)21-3/h4-6,9,13-14,17H,7-8H2,1-3H3. The van der Waals surface area contributed by atoms with E-state index in [9.17, 15) is 15.2 Å². The number of benzene rings is 1. The molecule has 7 heteroatoms. The van der Waals surface area contributed by atoms with E-state index in [-0.39, 0.29) is 17.9 Å². The molecule has 0 bridgehead atoms. The number of rotatable bonds is 5. The number of anilines is 1. The lowest BCUT2D eigenvalue weighted by molar-refractivity contribution is -0.384. The zero-order valence-corrected chi connectivity index (χ0v) is 12.4. The molecule has 3 atom stereocenters. The molecule has 0 saturated carbocycles. The Bertz CT molecular complexity index is 508. The van der Waals surface area contributed by atoms with Gasteiger partial charge in [0.1, 0.15) is 17.9 Å². The summed E-state index contributed by atoms with van der Waals surface area (Å²) in [5, 5.41) is 20.9. The van der Waals surface area contributed by atoms with Crippen LogP contribution in [-0.4, -0.2) is 49.5 Å². The van der Waals surface area contributed by atoms with E-state index in [0.29, 0.717) is 24.3 Å². The quantitative estimate of drug-likeness (QED) is 0.654. The number of methoxy groups -OCH3 is 2. The van der Waals surface area contributed by atoms with Crippen LogP contribution in [0.2, 0.25) is 0 Å². The van der Waals surface area contributed by atoms with Crippen molar-refractivity contribution in [2.45, 2.75) is 25.2 Å².